The molecule has 1 aromatic carbocycles. The molecule has 18 heavy (non-hydrogen) atoms. The molecule has 0 saturated heterocycles. The zero-order chi connectivity index (χ0) is 13.2. The van der Waals surface area contributed by atoms with E-state index >= 15 is 0 Å². The van der Waals surface area contributed by atoms with E-state index in [1.165, 1.54) is 18.3 Å². The van der Waals surface area contributed by atoms with Crippen molar-refractivity contribution in [2.45, 2.75) is 12.6 Å². The van der Waals surface area contributed by atoms with Crippen LogP contribution in [0, 0.1) is 0 Å². The van der Waals surface area contributed by atoms with Gasteiger partial charge in [-0.3, -0.25) is 4.79 Å². The molecule has 6 heteroatoms. The second kappa shape index (κ2) is 4.64. The molecule has 1 heterocycles. The van der Waals surface area contributed by atoms with Crippen molar-refractivity contribution >= 4 is 6.29 Å². The zero-order valence-electron chi connectivity index (χ0n) is 9.07. The third-order valence-corrected chi connectivity index (χ3v) is 2.42. The summed E-state index contributed by atoms with van der Waals surface area (Å²) < 4.78 is 42.3. The van der Waals surface area contributed by atoms with Crippen LogP contribution >= 0.6 is 0 Å². The highest BCUT2D eigenvalue weighted by Gasteiger charge is 2.30. The van der Waals surface area contributed by atoms with Crippen molar-refractivity contribution in [3.8, 4) is 0 Å². The van der Waals surface area contributed by atoms with Gasteiger partial charge >= 0.3 is 6.18 Å². The van der Waals surface area contributed by atoms with Crippen molar-refractivity contribution in [2.24, 2.45) is 0 Å². The van der Waals surface area contributed by atoms with Crippen LogP contribution < -0.4 is 0 Å². The molecule has 3 nitrogen and oxygen atoms in total. The highest BCUT2D eigenvalue weighted by molar-refractivity contribution is 5.75. The van der Waals surface area contributed by atoms with Crippen LogP contribution in [-0.2, 0) is 12.6 Å². The van der Waals surface area contributed by atoms with Gasteiger partial charge in [-0.15, -0.1) is 0 Å². The summed E-state index contributed by atoms with van der Waals surface area (Å²) in [6.45, 7) is 0. The Morgan fingerprint density at radius 3 is 2.78 bits per heavy atom. The van der Waals surface area contributed by atoms with E-state index in [0.717, 1.165) is 12.1 Å². The average Bonchev–Trinajstić information content (AvgIpc) is 2.75. The number of nitrogens with zero attached hydrogens (tertiary/aromatic N) is 1. The molecule has 0 aliphatic carbocycles. The van der Waals surface area contributed by atoms with Crippen LogP contribution in [-0.4, -0.2) is 11.4 Å². The van der Waals surface area contributed by atoms with Gasteiger partial charge in [0.05, 0.1) is 17.3 Å². The number of halogens is 3. The summed E-state index contributed by atoms with van der Waals surface area (Å²) in [5.41, 5.74) is -0.0794. The Hall–Kier alpha value is -2.11. The Kier molecular flexibility index (Phi) is 3.18. The van der Waals surface area contributed by atoms with Crippen LogP contribution in [0.4, 0.5) is 13.2 Å². The molecular formula is C12H8F3NO2. The number of hydrogen-bond donors (Lipinski definition) is 0. The predicted octanol–water partition coefficient (Wildman–Crippen LogP) is 3.10. The third kappa shape index (κ3) is 2.58. The molecule has 0 aliphatic rings. The average molecular weight is 255 g/mol. The van der Waals surface area contributed by atoms with Crippen molar-refractivity contribution < 1.29 is 22.5 Å². The Balaban J connectivity index is 2.28. The fourth-order valence-electron chi connectivity index (χ4n) is 1.54. The summed E-state index contributed by atoms with van der Waals surface area (Å²) in [5, 5.41) is 3.43. The van der Waals surface area contributed by atoms with E-state index in [1.807, 2.05) is 0 Å². The third-order valence-electron chi connectivity index (χ3n) is 2.42. The molecule has 0 radical (unpaired) electrons. The van der Waals surface area contributed by atoms with Crippen LogP contribution in [0.5, 0.6) is 0 Å². The maximum absolute atomic E-state index is 12.5. The minimum atomic E-state index is -4.38. The topological polar surface area (TPSA) is 43.1 Å². The Morgan fingerprint density at radius 1 is 1.33 bits per heavy atom. The largest absolute Gasteiger partial charge is 0.416 e. The molecule has 0 spiro atoms. The highest BCUT2D eigenvalue weighted by atomic mass is 19.4. The number of alkyl halides is 3. The van der Waals surface area contributed by atoms with Gasteiger partial charge in [0.2, 0.25) is 0 Å². The first-order valence-corrected chi connectivity index (χ1v) is 5.05. The number of aromatic nitrogens is 1. The highest BCUT2D eigenvalue weighted by Crippen LogP contribution is 2.30. The number of carbonyl (C=O) groups is 1. The summed E-state index contributed by atoms with van der Waals surface area (Å²) in [6, 6.07) is 4.86. The molecule has 1 aromatic heterocycles. The first-order valence-electron chi connectivity index (χ1n) is 5.05. The molecule has 0 bridgehead atoms. The van der Waals surface area contributed by atoms with Crippen molar-refractivity contribution in [2.75, 3.05) is 0 Å². The molecule has 2 aromatic rings. The van der Waals surface area contributed by atoms with Crippen LogP contribution in [0.25, 0.3) is 0 Å². The van der Waals surface area contributed by atoms with Crippen LogP contribution in [0.2, 0.25) is 0 Å². The molecule has 0 amide bonds. The van der Waals surface area contributed by atoms with E-state index in [4.69, 9.17) is 4.52 Å². The van der Waals surface area contributed by atoms with Gasteiger partial charge in [-0.2, -0.15) is 13.2 Å². The van der Waals surface area contributed by atoms with E-state index in [1.54, 1.807) is 0 Å². The minimum Gasteiger partial charge on any atom is -0.360 e. The lowest BCUT2D eigenvalue weighted by atomic mass is 10.1. The van der Waals surface area contributed by atoms with E-state index < -0.39 is 11.7 Å². The van der Waals surface area contributed by atoms with Crippen molar-refractivity contribution in [1.29, 1.82) is 0 Å². The molecular weight excluding hydrogens is 247 g/mol. The van der Waals surface area contributed by atoms with Crippen LogP contribution in [0.1, 0.15) is 27.2 Å². The fourth-order valence-corrected chi connectivity index (χ4v) is 1.54. The van der Waals surface area contributed by atoms with E-state index in [-0.39, 0.29) is 17.7 Å². The Morgan fingerprint density at radius 2 is 2.11 bits per heavy atom. The molecule has 94 valence electrons. The predicted molar refractivity (Wildman–Crippen MR) is 56.1 cm³/mol. The molecule has 0 atom stereocenters. The fraction of sp³-hybridized carbons (Fsp3) is 0.167. The van der Waals surface area contributed by atoms with Gasteiger partial charge in [-0.1, -0.05) is 23.4 Å². The lowest BCUT2D eigenvalue weighted by Gasteiger charge is -2.07. The first kappa shape index (κ1) is 12.3. The van der Waals surface area contributed by atoms with Gasteiger partial charge in [0, 0.05) is 6.42 Å². The monoisotopic (exact) mass is 255 g/mol. The van der Waals surface area contributed by atoms with E-state index in [9.17, 15) is 18.0 Å². The van der Waals surface area contributed by atoms with Gasteiger partial charge in [-0.05, 0) is 11.6 Å². The lowest BCUT2D eigenvalue weighted by Crippen LogP contribution is -2.05. The Bertz CT molecular complexity index is 560. The SMILES string of the molecule is O=Cc1cnoc1Cc1cccc(C(F)(F)F)c1. The van der Waals surface area contributed by atoms with Crippen LogP contribution in [0.3, 0.4) is 0 Å². The normalized spacial score (nSPS) is 11.5. The van der Waals surface area contributed by atoms with Gasteiger partial charge in [0.15, 0.2) is 12.0 Å². The molecule has 0 N–H and O–H groups in total. The maximum atomic E-state index is 12.5. The smallest absolute Gasteiger partial charge is 0.360 e. The summed E-state index contributed by atoms with van der Waals surface area (Å²) in [4.78, 5) is 10.6. The maximum Gasteiger partial charge on any atom is 0.416 e. The van der Waals surface area contributed by atoms with Crippen LogP contribution in [0.15, 0.2) is 35.0 Å². The van der Waals surface area contributed by atoms with Gasteiger partial charge in [0.1, 0.15) is 0 Å². The van der Waals surface area contributed by atoms with Gasteiger partial charge in [-0.25, -0.2) is 0 Å². The van der Waals surface area contributed by atoms with E-state index in [2.05, 4.69) is 5.16 Å². The second-order valence-electron chi connectivity index (χ2n) is 3.70. The number of aldehydes is 1. The molecule has 0 aliphatic heterocycles. The van der Waals surface area contributed by atoms with Crippen molar-refractivity contribution in [3.05, 3.63) is 52.9 Å². The van der Waals surface area contributed by atoms with Crippen molar-refractivity contribution in [3.63, 3.8) is 0 Å². The zero-order valence-corrected chi connectivity index (χ0v) is 9.07. The summed E-state index contributed by atoms with van der Waals surface area (Å²) in [7, 11) is 0. The molecule has 0 saturated carbocycles. The number of carbonyl (C=O) groups excluding carboxylic acids is 1. The second-order valence-corrected chi connectivity index (χ2v) is 3.70. The molecule has 0 unspecified atom stereocenters. The first-order chi connectivity index (χ1) is 8.50. The van der Waals surface area contributed by atoms with Crippen molar-refractivity contribution in [1.82, 2.24) is 5.16 Å². The summed E-state index contributed by atoms with van der Waals surface area (Å²) >= 11 is 0. The number of benzene rings is 1. The number of rotatable bonds is 3. The van der Waals surface area contributed by atoms with Gasteiger partial charge in [0.25, 0.3) is 0 Å². The lowest BCUT2D eigenvalue weighted by molar-refractivity contribution is -0.137. The molecule has 0 fully saturated rings. The summed E-state index contributed by atoms with van der Waals surface area (Å²) in [6.07, 6.45) is -2.50. The minimum absolute atomic E-state index is 0.0952. The molecule has 2 rings (SSSR count). The summed E-state index contributed by atoms with van der Waals surface area (Å²) in [5.74, 6) is 0.254. The quantitative estimate of drug-likeness (QED) is 0.791. The van der Waals surface area contributed by atoms with Gasteiger partial charge < -0.3 is 4.52 Å². The number of hydrogen-bond acceptors (Lipinski definition) is 3. The Labute approximate surface area is 100 Å². The van der Waals surface area contributed by atoms with E-state index in [0.29, 0.717) is 11.8 Å². The standard InChI is InChI=1S/C12H8F3NO2/c13-12(14,15)10-3-1-2-8(4-10)5-11-9(7-17)6-16-18-11/h1-4,6-7H,5H2.